The summed E-state index contributed by atoms with van der Waals surface area (Å²) in [6, 6.07) is 26.6. The normalized spacial score (nSPS) is 13.8. The van der Waals surface area contributed by atoms with E-state index < -0.39 is 0 Å². The van der Waals surface area contributed by atoms with E-state index in [1.54, 1.807) is 0 Å². The van der Waals surface area contributed by atoms with E-state index in [1.165, 1.54) is 43.4 Å². The van der Waals surface area contributed by atoms with Crippen molar-refractivity contribution in [1.82, 2.24) is 19.9 Å². The number of aromatic amines is 2. The van der Waals surface area contributed by atoms with E-state index in [0.29, 0.717) is 11.8 Å². The maximum Gasteiger partial charge on any atom is 0.110 e. The molecule has 4 heteroatoms. The van der Waals surface area contributed by atoms with Gasteiger partial charge >= 0.3 is 0 Å². The molecule has 0 aliphatic rings. The van der Waals surface area contributed by atoms with Crippen molar-refractivity contribution < 1.29 is 0 Å². The van der Waals surface area contributed by atoms with Crippen LogP contribution in [0.1, 0.15) is 64.0 Å². The third kappa shape index (κ3) is 3.43. The summed E-state index contributed by atoms with van der Waals surface area (Å²) in [4.78, 5) is 17.2. The topological polar surface area (TPSA) is 57.4 Å². The molecule has 0 fully saturated rings. The molecule has 0 spiro atoms. The molecule has 5 aromatic carbocycles. The van der Waals surface area contributed by atoms with Gasteiger partial charge in [-0.15, -0.1) is 0 Å². The van der Waals surface area contributed by atoms with E-state index in [4.69, 9.17) is 9.97 Å². The van der Waals surface area contributed by atoms with Crippen LogP contribution in [0.3, 0.4) is 0 Å². The Labute approximate surface area is 222 Å². The van der Waals surface area contributed by atoms with Crippen molar-refractivity contribution in [3.8, 4) is 11.1 Å². The number of nitrogens with zero attached hydrogens (tertiary/aromatic N) is 2. The highest BCUT2D eigenvalue weighted by Crippen LogP contribution is 2.38. The summed E-state index contributed by atoms with van der Waals surface area (Å²) in [5.74, 6) is 2.96. The maximum absolute atomic E-state index is 5.06. The number of imidazole rings is 2. The minimum absolute atomic E-state index is 0.399. The quantitative estimate of drug-likeness (QED) is 0.233. The number of hydrogen-bond acceptors (Lipinski definition) is 2. The molecule has 0 saturated carbocycles. The lowest BCUT2D eigenvalue weighted by molar-refractivity contribution is 0.692. The second-order valence-electron chi connectivity index (χ2n) is 10.8. The van der Waals surface area contributed by atoms with Crippen molar-refractivity contribution in [3.05, 3.63) is 84.4 Å². The number of rotatable bonds is 5. The molecule has 2 aromatic heterocycles. The van der Waals surface area contributed by atoms with E-state index in [2.05, 4.69) is 110 Å². The molecule has 7 aromatic rings. The van der Waals surface area contributed by atoms with Crippen molar-refractivity contribution in [2.75, 3.05) is 0 Å². The Balaban J connectivity index is 1.41. The standard InChI is InChI=1S/C34H32N4/c1-5-19(3)33-35-29-16-13-23-17-21(11-14-24(23)30(29)36-33)22-12-15-27-28(18-22)25-9-7-8-10-26(25)31-32(27)38-34(37-31)20(4)6-2/h7-20H,5-6H2,1-4H3,(H,35,36)(H,37,38). The number of nitrogens with one attached hydrogen (secondary N) is 2. The molecule has 0 saturated heterocycles. The number of hydrogen-bond donors (Lipinski definition) is 2. The number of fused-ring (bicyclic) bond motifs is 9. The molecule has 0 aliphatic carbocycles. The van der Waals surface area contributed by atoms with Crippen molar-refractivity contribution in [2.45, 2.75) is 52.4 Å². The summed E-state index contributed by atoms with van der Waals surface area (Å²) in [6.07, 6.45) is 2.13. The summed E-state index contributed by atoms with van der Waals surface area (Å²) in [5, 5.41) is 7.37. The molecule has 2 N–H and O–H groups in total. The van der Waals surface area contributed by atoms with Gasteiger partial charge in [-0.3, -0.25) is 0 Å². The van der Waals surface area contributed by atoms with Crippen LogP contribution < -0.4 is 0 Å². The molecule has 38 heavy (non-hydrogen) atoms. The molecule has 2 atom stereocenters. The Morgan fingerprint density at radius 2 is 1.26 bits per heavy atom. The SMILES string of the molecule is CCC(C)c1nc2ccc3cc(-c4ccc5c(c4)c4ccccc4c4nc(C(C)CC)[nH]c54)ccc3c2[nH]1. The van der Waals surface area contributed by atoms with E-state index in [1.807, 2.05) is 0 Å². The highest BCUT2D eigenvalue weighted by Gasteiger charge is 2.16. The van der Waals surface area contributed by atoms with Gasteiger partial charge in [-0.1, -0.05) is 82.3 Å². The molecule has 7 rings (SSSR count). The molecule has 0 bridgehead atoms. The molecule has 2 heterocycles. The van der Waals surface area contributed by atoms with Crippen molar-refractivity contribution >= 4 is 54.4 Å². The largest absolute Gasteiger partial charge is 0.341 e. The van der Waals surface area contributed by atoms with Crippen LogP contribution in [0.25, 0.3) is 65.5 Å². The van der Waals surface area contributed by atoms with E-state index in [9.17, 15) is 0 Å². The number of benzene rings is 5. The van der Waals surface area contributed by atoms with Crippen LogP contribution in [0.4, 0.5) is 0 Å². The minimum atomic E-state index is 0.399. The third-order valence-electron chi connectivity index (χ3n) is 8.47. The van der Waals surface area contributed by atoms with E-state index in [0.717, 1.165) is 46.6 Å². The summed E-state index contributed by atoms with van der Waals surface area (Å²) < 4.78 is 0. The van der Waals surface area contributed by atoms with Crippen LogP contribution in [0.2, 0.25) is 0 Å². The van der Waals surface area contributed by atoms with Gasteiger partial charge < -0.3 is 9.97 Å². The predicted molar refractivity (Wildman–Crippen MR) is 161 cm³/mol. The Bertz CT molecular complexity index is 1990. The zero-order valence-corrected chi connectivity index (χ0v) is 22.4. The summed E-state index contributed by atoms with van der Waals surface area (Å²) in [7, 11) is 0. The maximum atomic E-state index is 5.06. The first-order valence-electron chi connectivity index (χ1n) is 13.8. The van der Waals surface area contributed by atoms with Crippen molar-refractivity contribution in [1.29, 1.82) is 0 Å². The van der Waals surface area contributed by atoms with Gasteiger partial charge in [0.15, 0.2) is 0 Å². The number of aromatic nitrogens is 4. The first-order chi connectivity index (χ1) is 18.6. The van der Waals surface area contributed by atoms with Gasteiger partial charge in [-0.05, 0) is 58.3 Å². The Morgan fingerprint density at radius 3 is 2.03 bits per heavy atom. The van der Waals surface area contributed by atoms with Crippen molar-refractivity contribution in [2.24, 2.45) is 0 Å². The summed E-state index contributed by atoms with van der Waals surface area (Å²) in [6.45, 7) is 8.88. The number of H-pyrrole nitrogens is 2. The zero-order valence-electron chi connectivity index (χ0n) is 22.4. The fraction of sp³-hybridized carbons (Fsp3) is 0.235. The van der Waals surface area contributed by atoms with Gasteiger partial charge in [0.25, 0.3) is 0 Å². The Morgan fingerprint density at radius 1 is 0.605 bits per heavy atom. The third-order valence-corrected chi connectivity index (χ3v) is 8.47. The Hall–Kier alpha value is -4.18. The van der Waals surface area contributed by atoms with Gasteiger partial charge in [0, 0.05) is 28.0 Å². The van der Waals surface area contributed by atoms with Gasteiger partial charge in [0.05, 0.1) is 22.1 Å². The van der Waals surface area contributed by atoms with E-state index in [-0.39, 0.29) is 0 Å². The molecular weight excluding hydrogens is 464 g/mol. The predicted octanol–water partition coefficient (Wildman–Crippen LogP) is 9.59. The molecule has 4 nitrogen and oxygen atoms in total. The van der Waals surface area contributed by atoms with Gasteiger partial charge in [0.2, 0.25) is 0 Å². The van der Waals surface area contributed by atoms with Crippen LogP contribution in [-0.2, 0) is 0 Å². The average Bonchev–Trinajstić information content (AvgIpc) is 3.61. The van der Waals surface area contributed by atoms with Crippen LogP contribution >= 0.6 is 0 Å². The second kappa shape index (κ2) is 8.70. The molecule has 188 valence electrons. The fourth-order valence-electron chi connectivity index (χ4n) is 5.73. The van der Waals surface area contributed by atoms with E-state index >= 15 is 0 Å². The highest BCUT2D eigenvalue weighted by molar-refractivity contribution is 6.23. The fourth-order valence-corrected chi connectivity index (χ4v) is 5.73. The lowest BCUT2D eigenvalue weighted by Crippen LogP contribution is -1.93. The van der Waals surface area contributed by atoms with Gasteiger partial charge in [0.1, 0.15) is 11.6 Å². The lowest BCUT2D eigenvalue weighted by Gasteiger charge is -2.10. The zero-order chi connectivity index (χ0) is 26.0. The smallest absolute Gasteiger partial charge is 0.110 e. The highest BCUT2D eigenvalue weighted by atomic mass is 14.9. The monoisotopic (exact) mass is 496 g/mol. The second-order valence-corrected chi connectivity index (χ2v) is 10.8. The molecular formula is C34H32N4. The van der Waals surface area contributed by atoms with Gasteiger partial charge in [-0.25, -0.2) is 9.97 Å². The first-order valence-corrected chi connectivity index (χ1v) is 13.8. The minimum Gasteiger partial charge on any atom is -0.341 e. The van der Waals surface area contributed by atoms with Gasteiger partial charge in [-0.2, -0.15) is 0 Å². The Kier molecular flexibility index (Phi) is 5.26. The first kappa shape index (κ1) is 23.0. The van der Waals surface area contributed by atoms with Crippen LogP contribution in [0.15, 0.2) is 72.8 Å². The van der Waals surface area contributed by atoms with Crippen LogP contribution in [0, 0.1) is 0 Å². The van der Waals surface area contributed by atoms with Crippen LogP contribution in [0.5, 0.6) is 0 Å². The molecule has 2 unspecified atom stereocenters. The van der Waals surface area contributed by atoms with Crippen LogP contribution in [-0.4, -0.2) is 19.9 Å². The van der Waals surface area contributed by atoms with Crippen molar-refractivity contribution in [3.63, 3.8) is 0 Å². The summed E-state index contributed by atoms with van der Waals surface area (Å²) >= 11 is 0. The molecule has 0 amide bonds. The molecule has 0 radical (unpaired) electrons. The summed E-state index contributed by atoms with van der Waals surface area (Å²) in [5.41, 5.74) is 6.82. The molecule has 0 aliphatic heterocycles. The average molecular weight is 497 g/mol. The lowest BCUT2D eigenvalue weighted by atomic mass is 9.95.